The molecule has 182 valence electrons. The van der Waals surface area contributed by atoms with Gasteiger partial charge in [0.05, 0.1) is 18.5 Å². The Hall–Kier alpha value is -2.83. The van der Waals surface area contributed by atoms with Crippen molar-refractivity contribution in [3.8, 4) is 5.75 Å². The van der Waals surface area contributed by atoms with E-state index in [1.807, 2.05) is 58.1 Å². The van der Waals surface area contributed by atoms with Crippen LogP contribution in [0.1, 0.15) is 54.3 Å². The van der Waals surface area contributed by atoms with E-state index in [1.165, 1.54) is 0 Å². The summed E-state index contributed by atoms with van der Waals surface area (Å²) >= 11 is 6.32. The molecule has 1 amide bonds. The fourth-order valence-electron chi connectivity index (χ4n) is 6.04. The first-order valence-corrected chi connectivity index (χ1v) is 12.7. The summed E-state index contributed by atoms with van der Waals surface area (Å²) < 4.78 is 15.1. The molecule has 4 atom stereocenters. The molecule has 6 rings (SSSR count). The Morgan fingerprint density at radius 1 is 1.23 bits per heavy atom. The SMILES string of the molecule is CC1(C)Oc2ccc(Cl)cc2[C@@H]2O[C@@H]3CCN(C(=O)c4cccc(Cn5ccnc5)c4)C[C@H]3C[C@H]21. The van der Waals surface area contributed by atoms with E-state index in [0.717, 1.165) is 35.3 Å². The van der Waals surface area contributed by atoms with E-state index in [1.54, 1.807) is 12.5 Å². The third kappa shape index (κ3) is 4.23. The first-order valence-electron chi connectivity index (χ1n) is 12.4. The molecule has 4 heterocycles. The zero-order valence-corrected chi connectivity index (χ0v) is 20.8. The van der Waals surface area contributed by atoms with Crippen molar-refractivity contribution in [1.82, 2.24) is 14.5 Å². The van der Waals surface area contributed by atoms with Gasteiger partial charge in [0.2, 0.25) is 0 Å². The lowest BCUT2D eigenvalue weighted by molar-refractivity contribution is -0.184. The summed E-state index contributed by atoms with van der Waals surface area (Å²) in [6.45, 7) is 6.39. The van der Waals surface area contributed by atoms with Gasteiger partial charge < -0.3 is 18.9 Å². The van der Waals surface area contributed by atoms with Crippen LogP contribution in [0.4, 0.5) is 0 Å². The molecule has 0 spiro atoms. The molecule has 0 N–H and O–H groups in total. The maximum absolute atomic E-state index is 13.5. The maximum atomic E-state index is 13.5. The van der Waals surface area contributed by atoms with Crippen molar-refractivity contribution in [2.75, 3.05) is 13.1 Å². The van der Waals surface area contributed by atoms with Gasteiger partial charge in [0.15, 0.2) is 0 Å². The number of fused-ring (bicyclic) bond motifs is 4. The number of carbonyl (C=O) groups is 1. The third-order valence-corrected chi connectivity index (χ3v) is 8.07. The van der Waals surface area contributed by atoms with Gasteiger partial charge in [-0.15, -0.1) is 0 Å². The van der Waals surface area contributed by atoms with Crippen LogP contribution in [0, 0.1) is 11.8 Å². The minimum absolute atomic E-state index is 0.0317. The first kappa shape index (κ1) is 22.6. The van der Waals surface area contributed by atoms with Crippen LogP contribution in [0.25, 0.3) is 0 Å². The highest BCUT2D eigenvalue weighted by Crippen LogP contribution is 2.53. The highest BCUT2D eigenvalue weighted by atomic mass is 35.5. The van der Waals surface area contributed by atoms with E-state index in [0.29, 0.717) is 24.7 Å². The van der Waals surface area contributed by atoms with E-state index < -0.39 is 0 Å². The number of likely N-dealkylation sites (tertiary alicyclic amines) is 1. The number of aromatic nitrogens is 2. The number of piperidine rings is 1. The van der Waals surface area contributed by atoms with Gasteiger partial charge >= 0.3 is 0 Å². The van der Waals surface area contributed by atoms with E-state index >= 15 is 0 Å². The second kappa shape index (κ2) is 8.68. The van der Waals surface area contributed by atoms with Crippen molar-refractivity contribution < 1.29 is 14.3 Å². The van der Waals surface area contributed by atoms with Crippen LogP contribution < -0.4 is 4.74 Å². The largest absolute Gasteiger partial charge is 0.487 e. The number of hydrogen-bond donors (Lipinski definition) is 0. The van der Waals surface area contributed by atoms with Crippen molar-refractivity contribution in [3.05, 3.63) is 82.9 Å². The second-order valence-corrected chi connectivity index (χ2v) is 11.0. The van der Waals surface area contributed by atoms with E-state index in [4.69, 9.17) is 21.1 Å². The minimum Gasteiger partial charge on any atom is -0.487 e. The van der Waals surface area contributed by atoms with Crippen LogP contribution in [0.15, 0.2) is 61.2 Å². The molecule has 3 aromatic rings. The minimum atomic E-state index is -0.357. The van der Waals surface area contributed by atoms with Crippen molar-refractivity contribution in [2.24, 2.45) is 11.8 Å². The molecule has 2 aromatic carbocycles. The summed E-state index contributed by atoms with van der Waals surface area (Å²) in [4.78, 5) is 19.6. The first-order chi connectivity index (χ1) is 16.9. The molecule has 3 aliphatic heterocycles. The Labute approximate surface area is 210 Å². The highest BCUT2D eigenvalue weighted by Gasteiger charge is 2.51. The smallest absolute Gasteiger partial charge is 0.253 e. The number of imidazole rings is 1. The maximum Gasteiger partial charge on any atom is 0.253 e. The lowest BCUT2D eigenvalue weighted by Crippen LogP contribution is -2.56. The number of nitrogens with zero attached hydrogens (tertiary/aromatic N) is 3. The number of carbonyl (C=O) groups excluding carboxylic acids is 1. The Morgan fingerprint density at radius 2 is 2.11 bits per heavy atom. The van der Waals surface area contributed by atoms with Crippen molar-refractivity contribution >= 4 is 17.5 Å². The van der Waals surface area contributed by atoms with E-state index in [-0.39, 0.29) is 35.6 Å². The molecule has 0 unspecified atom stereocenters. The summed E-state index contributed by atoms with van der Waals surface area (Å²) in [7, 11) is 0. The van der Waals surface area contributed by atoms with Crippen LogP contribution >= 0.6 is 11.6 Å². The fourth-order valence-corrected chi connectivity index (χ4v) is 6.22. The average Bonchev–Trinajstić information content (AvgIpc) is 3.36. The van der Waals surface area contributed by atoms with Crippen LogP contribution in [0.2, 0.25) is 5.02 Å². The second-order valence-electron chi connectivity index (χ2n) is 10.6. The number of amides is 1. The van der Waals surface area contributed by atoms with Gasteiger partial charge in [-0.05, 0) is 62.6 Å². The molecule has 2 saturated heterocycles. The molecule has 0 bridgehead atoms. The molecule has 6 nitrogen and oxygen atoms in total. The zero-order valence-electron chi connectivity index (χ0n) is 20.1. The van der Waals surface area contributed by atoms with Crippen LogP contribution in [0.5, 0.6) is 5.75 Å². The average molecular weight is 492 g/mol. The summed E-state index contributed by atoms with van der Waals surface area (Å²) in [6.07, 6.45) is 7.38. The quantitative estimate of drug-likeness (QED) is 0.494. The predicted octanol–water partition coefficient (Wildman–Crippen LogP) is 5.36. The molecule has 2 fully saturated rings. The Kier molecular flexibility index (Phi) is 5.61. The molecule has 1 aromatic heterocycles. The molecular weight excluding hydrogens is 462 g/mol. The van der Waals surface area contributed by atoms with Crippen molar-refractivity contribution in [2.45, 2.75) is 51.0 Å². The Bertz CT molecular complexity index is 1240. The number of benzene rings is 2. The summed E-state index contributed by atoms with van der Waals surface area (Å²) in [5, 5.41) is 0.701. The van der Waals surface area contributed by atoms with Gasteiger partial charge in [-0.3, -0.25) is 4.79 Å². The topological polar surface area (TPSA) is 56.6 Å². The number of rotatable bonds is 3. The van der Waals surface area contributed by atoms with Crippen molar-refractivity contribution in [1.29, 1.82) is 0 Å². The fraction of sp³-hybridized carbons (Fsp3) is 0.429. The Balaban J connectivity index is 1.19. The molecule has 0 aliphatic carbocycles. The van der Waals surface area contributed by atoms with Crippen molar-refractivity contribution in [3.63, 3.8) is 0 Å². The lowest BCUT2D eigenvalue weighted by Gasteiger charge is -2.53. The molecule has 0 radical (unpaired) electrons. The van der Waals surface area contributed by atoms with E-state index in [2.05, 4.69) is 18.8 Å². The summed E-state index contributed by atoms with van der Waals surface area (Å²) in [5.41, 5.74) is 2.52. The van der Waals surface area contributed by atoms with Gasteiger partial charge in [-0.2, -0.15) is 0 Å². The lowest BCUT2D eigenvalue weighted by atomic mass is 9.70. The van der Waals surface area contributed by atoms with Gasteiger partial charge in [0, 0.05) is 60.0 Å². The van der Waals surface area contributed by atoms with Crippen LogP contribution in [-0.4, -0.2) is 45.2 Å². The Morgan fingerprint density at radius 3 is 2.94 bits per heavy atom. The van der Waals surface area contributed by atoms with Crippen LogP contribution in [0.3, 0.4) is 0 Å². The van der Waals surface area contributed by atoms with Gasteiger partial charge in [-0.25, -0.2) is 4.98 Å². The summed E-state index contributed by atoms with van der Waals surface area (Å²) in [5.74, 6) is 1.44. The normalized spacial score (nSPS) is 26.8. The molecular formula is C28H30ClN3O3. The van der Waals surface area contributed by atoms with Gasteiger partial charge in [0.25, 0.3) is 5.91 Å². The monoisotopic (exact) mass is 491 g/mol. The highest BCUT2D eigenvalue weighted by molar-refractivity contribution is 6.30. The predicted molar refractivity (Wildman–Crippen MR) is 134 cm³/mol. The molecule has 7 heteroatoms. The summed E-state index contributed by atoms with van der Waals surface area (Å²) in [6, 6.07) is 13.7. The molecule has 3 aliphatic rings. The van der Waals surface area contributed by atoms with Gasteiger partial charge in [-0.1, -0.05) is 23.7 Å². The number of ether oxygens (including phenoxy) is 2. The van der Waals surface area contributed by atoms with Gasteiger partial charge in [0.1, 0.15) is 11.4 Å². The third-order valence-electron chi connectivity index (χ3n) is 7.84. The van der Waals surface area contributed by atoms with Crippen LogP contribution in [-0.2, 0) is 11.3 Å². The molecule has 0 saturated carbocycles. The molecule has 35 heavy (non-hydrogen) atoms. The van der Waals surface area contributed by atoms with E-state index in [9.17, 15) is 4.79 Å². The standard InChI is InChI=1S/C28H30ClN3O3/c1-28(2)23-13-20-16-32(27(33)19-5-3-4-18(12-19)15-31-11-9-30-17-31)10-8-24(20)34-26(23)22-14-21(29)6-7-25(22)35-28/h3-7,9,11-12,14,17,20,23-24,26H,8,10,13,15-16H2,1-2H3/t20-,23-,24-,26+/m1/s1. The number of hydrogen-bond acceptors (Lipinski definition) is 4. The zero-order chi connectivity index (χ0) is 24.2. The number of halogens is 1.